The Hall–Kier alpha value is -3.68. The SMILES string of the molecule is COc1ccc(CCN(Cc2ccc(C)cc2)Cc2nc(C(=O)Nc3ccc(C)cc3)cs2)cc1OC. The fourth-order valence-electron chi connectivity index (χ4n) is 4.00. The molecule has 1 N–H and O–H groups in total. The Labute approximate surface area is 222 Å². The van der Waals surface area contributed by atoms with Gasteiger partial charge >= 0.3 is 0 Å². The first-order valence-corrected chi connectivity index (χ1v) is 13.1. The zero-order valence-electron chi connectivity index (χ0n) is 21.8. The Balaban J connectivity index is 1.46. The molecular weight excluding hydrogens is 482 g/mol. The lowest BCUT2D eigenvalue weighted by atomic mass is 10.1. The Morgan fingerprint density at radius 1 is 0.865 bits per heavy atom. The normalized spacial score (nSPS) is 10.9. The van der Waals surface area contributed by atoms with Crippen LogP contribution in [-0.2, 0) is 19.5 Å². The van der Waals surface area contributed by atoms with Gasteiger partial charge in [0.15, 0.2) is 11.5 Å². The molecule has 4 rings (SSSR count). The number of methoxy groups -OCH3 is 2. The minimum atomic E-state index is -0.193. The van der Waals surface area contributed by atoms with Crippen LogP contribution in [0.2, 0.25) is 0 Å². The molecular formula is C30H33N3O3S. The molecule has 0 spiro atoms. The number of thiazole rings is 1. The van der Waals surface area contributed by atoms with Crippen molar-refractivity contribution in [2.75, 3.05) is 26.1 Å². The molecule has 0 atom stereocenters. The summed E-state index contributed by atoms with van der Waals surface area (Å²) in [6.07, 6.45) is 0.846. The van der Waals surface area contributed by atoms with Crippen molar-refractivity contribution in [3.8, 4) is 11.5 Å². The van der Waals surface area contributed by atoms with E-state index in [0.717, 1.165) is 47.3 Å². The second kappa shape index (κ2) is 12.5. The van der Waals surface area contributed by atoms with Crippen LogP contribution in [0, 0.1) is 13.8 Å². The molecule has 7 heteroatoms. The summed E-state index contributed by atoms with van der Waals surface area (Å²) in [5.41, 5.74) is 6.01. The second-order valence-electron chi connectivity index (χ2n) is 9.08. The summed E-state index contributed by atoms with van der Waals surface area (Å²) in [6.45, 7) is 6.39. The van der Waals surface area contributed by atoms with Gasteiger partial charge in [-0.2, -0.15) is 0 Å². The number of hydrogen-bond donors (Lipinski definition) is 1. The molecule has 0 radical (unpaired) electrons. The van der Waals surface area contributed by atoms with E-state index in [1.807, 2.05) is 48.7 Å². The zero-order chi connectivity index (χ0) is 26.2. The Kier molecular flexibility index (Phi) is 8.93. The molecule has 0 saturated carbocycles. The molecule has 1 heterocycles. The number of benzene rings is 3. The van der Waals surface area contributed by atoms with E-state index >= 15 is 0 Å². The summed E-state index contributed by atoms with van der Waals surface area (Å²) in [4.78, 5) is 19.8. The number of ether oxygens (including phenoxy) is 2. The molecule has 0 aliphatic carbocycles. The van der Waals surface area contributed by atoms with E-state index < -0.39 is 0 Å². The Morgan fingerprint density at radius 3 is 2.19 bits per heavy atom. The van der Waals surface area contributed by atoms with Crippen molar-refractivity contribution in [1.82, 2.24) is 9.88 Å². The van der Waals surface area contributed by atoms with Crippen LogP contribution in [0.3, 0.4) is 0 Å². The van der Waals surface area contributed by atoms with Gasteiger partial charge in [-0.3, -0.25) is 9.69 Å². The first kappa shape index (κ1) is 26.4. The number of carbonyl (C=O) groups is 1. The molecule has 37 heavy (non-hydrogen) atoms. The van der Waals surface area contributed by atoms with Crippen LogP contribution in [-0.4, -0.2) is 36.6 Å². The van der Waals surface area contributed by atoms with E-state index in [2.05, 4.69) is 52.5 Å². The molecule has 3 aromatic carbocycles. The Morgan fingerprint density at radius 2 is 1.51 bits per heavy atom. The van der Waals surface area contributed by atoms with Crippen LogP contribution < -0.4 is 14.8 Å². The van der Waals surface area contributed by atoms with Gasteiger partial charge in [0.2, 0.25) is 0 Å². The monoisotopic (exact) mass is 515 g/mol. The number of hydrogen-bond acceptors (Lipinski definition) is 6. The molecule has 0 unspecified atom stereocenters. The first-order valence-electron chi connectivity index (χ1n) is 12.2. The second-order valence-corrected chi connectivity index (χ2v) is 10.0. The fraction of sp³-hybridized carbons (Fsp3) is 0.267. The highest BCUT2D eigenvalue weighted by Crippen LogP contribution is 2.28. The molecule has 0 saturated heterocycles. The van der Waals surface area contributed by atoms with Crippen molar-refractivity contribution in [3.63, 3.8) is 0 Å². The summed E-state index contributed by atoms with van der Waals surface area (Å²) >= 11 is 1.51. The van der Waals surface area contributed by atoms with Gasteiger partial charge in [-0.05, 0) is 55.7 Å². The molecule has 1 aromatic heterocycles. The average molecular weight is 516 g/mol. The summed E-state index contributed by atoms with van der Waals surface area (Å²) in [7, 11) is 3.30. The quantitative estimate of drug-likeness (QED) is 0.255. The van der Waals surface area contributed by atoms with Gasteiger partial charge in [-0.25, -0.2) is 4.98 Å². The van der Waals surface area contributed by atoms with Crippen molar-refractivity contribution in [3.05, 3.63) is 105 Å². The lowest BCUT2D eigenvalue weighted by Crippen LogP contribution is -2.25. The third kappa shape index (κ3) is 7.41. The van der Waals surface area contributed by atoms with Crippen molar-refractivity contribution in [2.24, 2.45) is 0 Å². The van der Waals surface area contributed by atoms with Crippen molar-refractivity contribution in [1.29, 1.82) is 0 Å². The van der Waals surface area contributed by atoms with Crippen LogP contribution in [0.4, 0.5) is 5.69 Å². The van der Waals surface area contributed by atoms with Crippen LogP contribution in [0.25, 0.3) is 0 Å². The van der Waals surface area contributed by atoms with E-state index in [-0.39, 0.29) is 5.91 Å². The highest BCUT2D eigenvalue weighted by Gasteiger charge is 2.15. The van der Waals surface area contributed by atoms with Crippen LogP contribution in [0.5, 0.6) is 11.5 Å². The number of aryl methyl sites for hydroxylation is 2. The maximum atomic E-state index is 12.7. The number of nitrogens with zero attached hydrogens (tertiary/aromatic N) is 2. The minimum Gasteiger partial charge on any atom is -0.493 e. The van der Waals surface area contributed by atoms with Crippen LogP contribution >= 0.6 is 11.3 Å². The van der Waals surface area contributed by atoms with E-state index in [4.69, 9.17) is 9.47 Å². The van der Waals surface area contributed by atoms with E-state index in [1.54, 1.807) is 14.2 Å². The smallest absolute Gasteiger partial charge is 0.275 e. The Bertz CT molecular complexity index is 1320. The molecule has 192 valence electrons. The lowest BCUT2D eigenvalue weighted by Gasteiger charge is -2.22. The molecule has 0 aliphatic heterocycles. The van der Waals surface area contributed by atoms with E-state index in [1.165, 1.54) is 28.0 Å². The molecule has 0 aliphatic rings. The third-order valence-corrected chi connectivity index (χ3v) is 6.98. The topological polar surface area (TPSA) is 63.7 Å². The summed E-state index contributed by atoms with van der Waals surface area (Å²) in [5.74, 6) is 1.26. The fourth-order valence-corrected chi connectivity index (χ4v) is 4.82. The summed E-state index contributed by atoms with van der Waals surface area (Å²) in [6, 6.07) is 22.4. The third-order valence-electron chi connectivity index (χ3n) is 6.14. The first-order chi connectivity index (χ1) is 17.9. The standard InChI is InChI=1S/C30H33N3O3S/c1-21-5-9-24(10-6-21)18-33(16-15-23-11-14-27(35-3)28(17-23)36-4)19-29-32-26(20-37-29)30(34)31-25-12-7-22(2)8-13-25/h5-14,17,20H,15-16,18-19H2,1-4H3,(H,31,34). The maximum absolute atomic E-state index is 12.7. The van der Waals surface area contributed by atoms with Crippen molar-refractivity contribution >= 4 is 22.9 Å². The van der Waals surface area contributed by atoms with Crippen LogP contribution in [0.1, 0.15) is 37.7 Å². The predicted octanol–water partition coefficient (Wildman–Crippen LogP) is 6.27. The molecule has 4 aromatic rings. The highest BCUT2D eigenvalue weighted by molar-refractivity contribution is 7.09. The van der Waals surface area contributed by atoms with Crippen LogP contribution in [0.15, 0.2) is 72.1 Å². The van der Waals surface area contributed by atoms with Gasteiger partial charge in [-0.15, -0.1) is 11.3 Å². The number of anilines is 1. The number of nitrogens with one attached hydrogen (secondary N) is 1. The van der Waals surface area contributed by atoms with E-state index in [9.17, 15) is 4.79 Å². The van der Waals surface area contributed by atoms with Gasteiger partial charge in [0.1, 0.15) is 10.7 Å². The predicted molar refractivity (Wildman–Crippen MR) is 150 cm³/mol. The van der Waals surface area contributed by atoms with Gasteiger partial charge in [-0.1, -0.05) is 53.6 Å². The maximum Gasteiger partial charge on any atom is 0.275 e. The van der Waals surface area contributed by atoms with Gasteiger partial charge in [0.25, 0.3) is 5.91 Å². The number of carbonyl (C=O) groups excluding carboxylic acids is 1. The number of aromatic nitrogens is 1. The summed E-state index contributed by atoms with van der Waals surface area (Å²) < 4.78 is 10.8. The van der Waals surface area contributed by atoms with Crippen molar-refractivity contribution in [2.45, 2.75) is 33.4 Å². The summed E-state index contributed by atoms with van der Waals surface area (Å²) in [5, 5.41) is 5.67. The van der Waals surface area contributed by atoms with Gasteiger partial charge in [0.05, 0.1) is 20.8 Å². The highest BCUT2D eigenvalue weighted by atomic mass is 32.1. The largest absolute Gasteiger partial charge is 0.493 e. The van der Waals surface area contributed by atoms with Gasteiger partial charge < -0.3 is 14.8 Å². The minimum absolute atomic E-state index is 0.193. The van der Waals surface area contributed by atoms with Gasteiger partial charge in [0, 0.05) is 24.2 Å². The molecule has 1 amide bonds. The lowest BCUT2D eigenvalue weighted by molar-refractivity contribution is 0.102. The number of rotatable bonds is 11. The van der Waals surface area contributed by atoms with Crippen molar-refractivity contribution < 1.29 is 14.3 Å². The number of amides is 1. The molecule has 0 fully saturated rings. The zero-order valence-corrected chi connectivity index (χ0v) is 22.6. The average Bonchev–Trinajstić information content (AvgIpc) is 3.38. The van der Waals surface area contributed by atoms with E-state index in [0.29, 0.717) is 12.2 Å². The molecule has 6 nitrogen and oxygen atoms in total. The molecule has 0 bridgehead atoms.